The largest absolute Gasteiger partial charge is 0.451 e. The molecule has 2 aliphatic heterocycles. The first kappa shape index (κ1) is 30.0. The van der Waals surface area contributed by atoms with Gasteiger partial charge in [0.2, 0.25) is 12.3 Å². The van der Waals surface area contributed by atoms with Gasteiger partial charge in [-0.05, 0) is 58.2 Å². The second kappa shape index (κ2) is 12.3. The maximum atomic E-state index is 13.3. The van der Waals surface area contributed by atoms with Crippen molar-refractivity contribution in [2.45, 2.75) is 77.6 Å². The molecule has 10 nitrogen and oxygen atoms in total. The molecule has 220 valence electrons. The third-order valence-electron chi connectivity index (χ3n) is 7.19. The summed E-state index contributed by atoms with van der Waals surface area (Å²) in [6.07, 6.45) is -1.52. The number of esters is 1. The van der Waals surface area contributed by atoms with E-state index in [1.165, 1.54) is 11.9 Å². The fourth-order valence-corrected chi connectivity index (χ4v) is 4.64. The molecule has 2 aliphatic rings. The second-order valence-corrected chi connectivity index (χ2v) is 11.0. The van der Waals surface area contributed by atoms with Crippen molar-refractivity contribution in [3.63, 3.8) is 0 Å². The Kier molecular flexibility index (Phi) is 9.01. The number of halogens is 2. The number of hydrogen-bond acceptors (Lipinski definition) is 7. The predicted octanol–water partition coefficient (Wildman–Crippen LogP) is 3.03. The van der Waals surface area contributed by atoms with Gasteiger partial charge in [-0.1, -0.05) is 30.4 Å². The van der Waals surface area contributed by atoms with Gasteiger partial charge in [-0.2, -0.15) is 0 Å². The van der Waals surface area contributed by atoms with Gasteiger partial charge in [0.15, 0.2) is 6.10 Å². The van der Waals surface area contributed by atoms with Gasteiger partial charge in [-0.15, -0.1) is 0 Å². The first-order chi connectivity index (χ1) is 19.3. The molecule has 0 saturated carbocycles. The fraction of sp³-hybridized carbons (Fsp3) is 0.483. The van der Waals surface area contributed by atoms with Gasteiger partial charge in [-0.25, -0.2) is 14.2 Å². The van der Waals surface area contributed by atoms with Crippen LogP contribution in [0.15, 0.2) is 36.4 Å². The molecule has 1 fully saturated rings. The summed E-state index contributed by atoms with van der Waals surface area (Å²) in [7, 11) is 0. The molecule has 0 unspecified atom stereocenters. The zero-order valence-electron chi connectivity index (χ0n) is 23.4. The summed E-state index contributed by atoms with van der Waals surface area (Å²) in [6, 6.07) is 7.00. The van der Waals surface area contributed by atoms with Crippen molar-refractivity contribution < 1.29 is 32.7 Å². The van der Waals surface area contributed by atoms with Crippen LogP contribution >= 0.6 is 0 Å². The predicted molar refractivity (Wildman–Crippen MR) is 147 cm³/mol. The van der Waals surface area contributed by atoms with E-state index in [0.29, 0.717) is 24.1 Å². The van der Waals surface area contributed by atoms with Crippen LogP contribution in [0.3, 0.4) is 0 Å². The number of carbonyl (C=O) groups is 4. The molecule has 0 spiro atoms. The van der Waals surface area contributed by atoms with Gasteiger partial charge in [-0.3, -0.25) is 29.2 Å². The molecule has 1 aromatic carbocycles. The molecule has 3 N–H and O–H groups in total. The van der Waals surface area contributed by atoms with Gasteiger partial charge in [0.25, 0.3) is 11.8 Å². The number of alkyl halides is 2. The van der Waals surface area contributed by atoms with Gasteiger partial charge in [0, 0.05) is 11.9 Å². The van der Waals surface area contributed by atoms with Gasteiger partial charge in [0.1, 0.15) is 12.1 Å². The first-order valence-electron chi connectivity index (χ1n) is 13.6. The first-order valence-corrected chi connectivity index (χ1v) is 13.6. The summed E-state index contributed by atoms with van der Waals surface area (Å²) >= 11 is 0. The van der Waals surface area contributed by atoms with E-state index in [2.05, 4.69) is 16.1 Å². The molecule has 0 aliphatic carbocycles. The smallest absolute Gasteiger partial charge is 0.316 e. The Labute approximate surface area is 236 Å². The second-order valence-electron chi connectivity index (χ2n) is 11.0. The summed E-state index contributed by atoms with van der Waals surface area (Å²) in [5.74, 6) is -2.77. The third kappa shape index (κ3) is 7.24. The van der Waals surface area contributed by atoms with Crippen LogP contribution in [0, 0.1) is 5.41 Å². The molecule has 4 rings (SSSR count). The number of rotatable bonds is 2. The summed E-state index contributed by atoms with van der Waals surface area (Å²) in [6.45, 7) is 6.59. The summed E-state index contributed by atoms with van der Waals surface area (Å²) < 4.78 is 32.0. The number of aromatic nitrogens is 1. The molecule has 2 aromatic rings. The number of cyclic esters (lactones) is 1. The van der Waals surface area contributed by atoms with Crippen molar-refractivity contribution in [2.24, 2.45) is 5.41 Å². The van der Waals surface area contributed by atoms with Crippen LogP contribution < -0.4 is 16.1 Å². The number of hydrazine groups is 1. The lowest BCUT2D eigenvalue weighted by atomic mass is 9.92. The van der Waals surface area contributed by atoms with Crippen molar-refractivity contribution in [1.82, 2.24) is 26.1 Å². The van der Waals surface area contributed by atoms with E-state index in [1.54, 1.807) is 26.0 Å². The number of fused-ring (bicyclic) bond motifs is 4. The molecule has 1 saturated heterocycles. The van der Waals surface area contributed by atoms with E-state index in [0.717, 1.165) is 10.9 Å². The van der Waals surface area contributed by atoms with E-state index in [4.69, 9.17) is 9.72 Å². The maximum Gasteiger partial charge on any atom is 0.316 e. The SMILES string of the molecule is C[C@@H]1NC(=O)[C@H](CC(F)F)OC(=O)C(C)(C)/C=C\c2ccc3ccc(nc3c2)[C@@H](C)NC(=O)[C@@H]2CCCN(N2)C1=O. The summed E-state index contributed by atoms with van der Waals surface area (Å²) in [5.41, 5.74) is 3.69. The van der Waals surface area contributed by atoms with Crippen molar-refractivity contribution in [3.05, 3.63) is 47.7 Å². The van der Waals surface area contributed by atoms with Gasteiger partial charge >= 0.3 is 5.97 Å². The van der Waals surface area contributed by atoms with E-state index < -0.39 is 60.3 Å². The number of nitrogens with zero attached hydrogens (tertiary/aromatic N) is 2. The Morgan fingerprint density at radius 3 is 2.49 bits per heavy atom. The van der Waals surface area contributed by atoms with Crippen molar-refractivity contribution >= 4 is 40.7 Å². The molecule has 41 heavy (non-hydrogen) atoms. The highest BCUT2D eigenvalue weighted by Gasteiger charge is 2.36. The van der Waals surface area contributed by atoms with Crippen molar-refractivity contribution in [1.29, 1.82) is 0 Å². The van der Waals surface area contributed by atoms with Crippen LogP contribution in [0.25, 0.3) is 17.0 Å². The number of hydrogen-bond donors (Lipinski definition) is 3. The molecule has 12 heteroatoms. The van der Waals surface area contributed by atoms with E-state index >= 15 is 0 Å². The Morgan fingerprint density at radius 1 is 1.05 bits per heavy atom. The highest BCUT2D eigenvalue weighted by molar-refractivity contribution is 5.91. The number of amides is 3. The quantitative estimate of drug-likeness (QED) is 0.473. The lowest BCUT2D eigenvalue weighted by Gasteiger charge is -2.35. The summed E-state index contributed by atoms with van der Waals surface area (Å²) in [5, 5.41) is 7.45. The van der Waals surface area contributed by atoms with Crippen LogP contribution in [-0.4, -0.2) is 64.8 Å². The Balaban J connectivity index is 1.70. The van der Waals surface area contributed by atoms with E-state index in [-0.39, 0.29) is 12.5 Å². The zero-order chi connectivity index (χ0) is 29.9. The van der Waals surface area contributed by atoms with Crippen LogP contribution in [0.2, 0.25) is 0 Å². The van der Waals surface area contributed by atoms with E-state index in [9.17, 15) is 28.0 Å². The molecule has 5 bridgehead atoms. The Morgan fingerprint density at radius 2 is 1.76 bits per heavy atom. The topological polar surface area (TPSA) is 130 Å². The normalized spacial score (nSPS) is 26.9. The molecule has 3 heterocycles. The van der Waals surface area contributed by atoms with Crippen LogP contribution in [-0.2, 0) is 23.9 Å². The van der Waals surface area contributed by atoms with Crippen LogP contribution in [0.1, 0.15) is 64.3 Å². The van der Waals surface area contributed by atoms with Crippen LogP contribution in [0.4, 0.5) is 8.78 Å². The minimum Gasteiger partial charge on any atom is -0.451 e. The average molecular weight is 572 g/mol. The molecule has 3 amide bonds. The Bertz CT molecular complexity index is 1360. The molecule has 0 radical (unpaired) electrons. The standard InChI is InChI=1S/C29H35F2N5O5/c1-16-20-10-9-19-8-7-18(14-22(19)34-20)11-12-29(3,4)28(40)41-23(15-24(30)31)26(38)33-17(2)27(39)36-13-5-6-21(35-36)25(37)32-16/h7-12,14,16-17,21,23-24,35H,5-6,13,15H2,1-4H3,(H,32,37)(H,33,38)/b12-11-/t16-,17+,21+,23+/m1/s1. The summed E-state index contributed by atoms with van der Waals surface area (Å²) in [4.78, 5) is 56.8. The minimum absolute atomic E-state index is 0.281. The number of nitrogens with one attached hydrogen (secondary N) is 3. The van der Waals surface area contributed by atoms with Crippen molar-refractivity contribution in [2.75, 3.05) is 6.54 Å². The number of benzene rings is 1. The molecular weight excluding hydrogens is 536 g/mol. The molecular formula is C29H35F2N5O5. The van der Waals surface area contributed by atoms with Gasteiger partial charge in [0.05, 0.1) is 29.1 Å². The minimum atomic E-state index is -2.93. The molecule has 4 atom stereocenters. The van der Waals surface area contributed by atoms with E-state index in [1.807, 2.05) is 37.3 Å². The lowest BCUT2D eigenvalue weighted by molar-refractivity contribution is -0.164. The Hall–Kier alpha value is -3.93. The van der Waals surface area contributed by atoms with Crippen LogP contribution in [0.5, 0.6) is 0 Å². The fourth-order valence-electron chi connectivity index (χ4n) is 4.64. The third-order valence-corrected chi connectivity index (χ3v) is 7.19. The lowest BCUT2D eigenvalue weighted by Crippen LogP contribution is -2.61. The highest BCUT2D eigenvalue weighted by Crippen LogP contribution is 2.25. The maximum absolute atomic E-state index is 13.3. The average Bonchev–Trinajstić information content (AvgIpc) is 2.94. The van der Waals surface area contributed by atoms with Crippen molar-refractivity contribution in [3.8, 4) is 0 Å². The molecule has 1 aromatic heterocycles. The number of carbonyl (C=O) groups excluding carboxylic acids is 4. The zero-order valence-corrected chi connectivity index (χ0v) is 23.4. The number of pyridine rings is 1. The van der Waals surface area contributed by atoms with Gasteiger partial charge < -0.3 is 15.4 Å². The number of ether oxygens (including phenoxy) is 1. The monoisotopic (exact) mass is 571 g/mol. The highest BCUT2D eigenvalue weighted by atomic mass is 19.3.